The minimum atomic E-state index is -0.826. The smallest absolute Gasteiger partial charge is 0.308 e. The highest BCUT2D eigenvalue weighted by Crippen LogP contribution is 2.48. The van der Waals surface area contributed by atoms with Gasteiger partial charge in [-0.2, -0.15) is 0 Å². The van der Waals surface area contributed by atoms with E-state index in [-0.39, 0.29) is 35.9 Å². The third-order valence-corrected chi connectivity index (χ3v) is 4.61. The molecule has 2 amide bonds. The van der Waals surface area contributed by atoms with Crippen molar-refractivity contribution in [3.05, 3.63) is 35.6 Å². The molecule has 1 aliphatic heterocycles. The van der Waals surface area contributed by atoms with E-state index in [4.69, 9.17) is 0 Å². The number of methoxy groups -OCH3 is 1. The number of halogens is 1. The Kier molecular flexibility index (Phi) is 4.51. The first-order valence-electron chi connectivity index (χ1n) is 7.91. The molecule has 6 nitrogen and oxygen atoms in total. The number of nitrogens with one attached hydrogen (secondary N) is 1. The van der Waals surface area contributed by atoms with E-state index in [0.717, 1.165) is 5.56 Å². The summed E-state index contributed by atoms with van der Waals surface area (Å²) in [5.74, 6) is -1.48. The molecule has 0 spiro atoms. The molecule has 0 unspecified atom stereocenters. The number of esters is 1. The summed E-state index contributed by atoms with van der Waals surface area (Å²) in [4.78, 5) is 37.8. The number of hydrogen-bond acceptors (Lipinski definition) is 4. The minimum Gasteiger partial charge on any atom is -0.469 e. The Morgan fingerprint density at radius 2 is 2.04 bits per heavy atom. The molecule has 1 aliphatic carbocycles. The van der Waals surface area contributed by atoms with Crippen molar-refractivity contribution in [2.45, 2.75) is 24.8 Å². The number of rotatable bonds is 4. The molecule has 7 heteroatoms. The molecule has 3 rings (SSSR count). The molecule has 0 aromatic heterocycles. The summed E-state index contributed by atoms with van der Waals surface area (Å²) in [6.07, 6.45) is 0.523. The van der Waals surface area contributed by atoms with Crippen molar-refractivity contribution >= 4 is 17.8 Å². The number of ether oxygens (including phenoxy) is 1. The van der Waals surface area contributed by atoms with Crippen molar-refractivity contribution in [2.24, 2.45) is 5.92 Å². The highest BCUT2D eigenvalue weighted by Gasteiger charge is 2.48. The fourth-order valence-corrected chi connectivity index (χ4v) is 3.18. The van der Waals surface area contributed by atoms with Crippen LogP contribution in [0.4, 0.5) is 4.39 Å². The van der Waals surface area contributed by atoms with E-state index >= 15 is 0 Å². The second kappa shape index (κ2) is 6.59. The van der Waals surface area contributed by atoms with Gasteiger partial charge in [0.2, 0.25) is 11.8 Å². The van der Waals surface area contributed by atoms with E-state index in [1.54, 1.807) is 12.1 Å². The third-order valence-electron chi connectivity index (χ3n) is 4.61. The fourth-order valence-electron chi connectivity index (χ4n) is 3.18. The molecule has 24 heavy (non-hydrogen) atoms. The third kappa shape index (κ3) is 3.25. The van der Waals surface area contributed by atoms with Gasteiger partial charge in [0.25, 0.3) is 0 Å². The lowest BCUT2D eigenvalue weighted by atomic mass is 10.1. The lowest BCUT2D eigenvalue weighted by Gasteiger charge is -2.34. The Bertz CT molecular complexity index is 661. The maximum absolute atomic E-state index is 13.0. The number of piperazine rings is 1. The molecule has 2 fully saturated rings. The predicted molar refractivity (Wildman–Crippen MR) is 82.4 cm³/mol. The van der Waals surface area contributed by atoms with Crippen LogP contribution >= 0.6 is 0 Å². The zero-order valence-electron chi connectivity index (χ0n) is 13.3. The molecule has 0 bridgehead atoms. The van der Waals surface area contributed by atoms with Crippen LogP contribution in [0.2, 0.25) is 0 Å². The van der Waals surface area contributed by atoms with Crippen molar-refractivity contribution in [1.82, 2.24) is 10.2 Å². The van der Waals surface area contributed by atoms with Gasteiger partial charge >= 0.3 is 5.97 Å². The van der Waals surface area contributed by atoms with Crippen LogP contribution in [-0.2, 0) is 19.1 Å². The summed E-state index contributed by atoms with van der Waals surface area (Å²) in [6.45, 7) is 0.745. The minimum absolute atomic E-state index is 0.0434. The van der Waals surface area contributed by atoms with Gasteiger partial charge in [-0.15, -0.1) is 0 Å². The van der Waals surface area contributed by atoms with Gasteiger partial charge in [0.15, 0.2) is 0 Å². The molecule has 128 valence electrons. The average molecular weight is 334 g/mol. The summed E-state index contributed by atoms with van der Waals surface area (Å²) >= 11 is 0. The summed E-state index contributed by atoms with van der Waals surface area (Å²) in [7, 11) is 1.25. The predicted octanol–water partition coefficient (Wildman–Crippen LogP) is 0.819. The van der Waals surface area contributed by atoms with Crippen LogP contribution in [0, 0.1) is 11.7 Å². The molecule has 1 N–H and O–H groups in total. The van der Waals surface area contributed by atoms with Gasteiger partial charge in [-0.05, 0) is 30.0 Å². The van der Waals surface area contributed by atoms with E-state index in [1.165, 1.54) is 24.1 Å². The molecule has 3 atom stereocenters. The van der Waals surface area contributed by atoms with E-state index in [1.807, 2.05) is 0 Å². The molecular formula is C17H19FN2O4. The van der Waals surface area contributed by atoms with Gasteiger partial charge in [0.1, 0.15) is 11.9 Å². The Hall–Kier alpha value is -2.44. The second-order valence-electron chi connectivity index (χ2n) is 6.12. The van der Waals surface area contributed by atoms with Crippen LogP contribution in [-0.4, -0.2) is 48.9 Å². The SMILES string of the molecule is COC(=O)C[C@@H]1C(=O)NCCN1C(=O)[C@H]1C[C@@H]1c1ccc(F)cc1. The van der Waals surface area contributed by atoms with Gasteiger partial charge < -0.3 is 15.0 Å². The summed E-state index contributed by atoms with van der Waals surface area (Å²) in [5, 5.41) is 2.67. The molecule has 0 radical (unpaired) electrons. The number of hydrogen-bond donors (Lipinski definition) is 1. The van der Waals surface area contributed by atoms with Gasteiger partial charge in [0, 0.05) is 19.0 Å². The normalized spacial score (nSPS) is 25.8. The van der Waals surface area contributed by atoms with Gasteiger partial charge in [-0.1, -0.05) is 12.1 Å². The van der Waals surface area contributed by atoms with Gasteiger partial charge in [-0.3, -0.25) is 14.4 Å². The molecular weight excluding hydrogens is 315 g/mol. The lowest BCUT2D eigenvalue weighted by Crippen LogP contribution is -2.58. The topological polar surface area (TPSA) is 75.7 Å². The Morgan fingerprint density at radius 3 is 2.71 bits per heavy atom. The van der Waals surface area contributed by atoms with E-state index in [0.29, 0.717) is 19.5 Å². The molecule has 1 saturated carbocycles. The zero-order valence-corrected chi connectivity index (χ0v) is 13.3. The number of carbonyl (C=O) groups is 3. The molecule has 1 saturated heterocycles. The van der Waals surface area contributed by atoms with Gasteiger partial charge in [-0.25, -0.2) is 4.39 Å². The monoisotopic (exact) mass is 334 g/mol. The van der Waals surface area contributed by atoms with Crippen LogP contribution in [0.5, 0.6) is 0 Å². The first kappa shape index (κ1) is 16.4. The average Bonchev–Trinajstić information content (AvgIpc) is 3.37. The van der Waals surface area contributed by atoms with E-state index in [9.17, 15) is 18.8 Å². The number of carbonyl (C=O) groups excluding carboxylic acids is 3. The van der Waals surface area contributed by atoms with Crippen LogP contribution in [0.3, 0.4) is 0 Å². The van der Waals surface area contributed by atoms with E-state index in [2.05, 4.69) is 10.1 Å². The second-order valence-corrected chi connectivity index (χ2v) is 6.12. The van der Waals surface area contributed by atoms with Crippen molar-refractivity contribution in [3.63, 3.8) is 0 Å². The molecule has 2 aliphatic rings. The summed E-state index contributed by atoms with van der Waals surface area (Å²) in [5.41, 5.74) is 0.917. The molecule has 1 aromatic rings. The van der Waals surface area contributed by atoms with Crippen molar-refractivity contribution in [3.8, 4) is 0 Å². The maximum atomic E-state index is 13.0. The van der Waals surface area contributed by atoms with Crippen LogP contribution in [0.1, 0.15) is 24.3 Å². The summed E-state index contributed by atoms with van der Waals surface area (Å²) in [6, 6.07) is 5.30. The summed E-state index contributed by atoms with van der Waals surface area (Å²) < 4.78 is 17.6. The standard InChI is InChI=1S/C17H19FN2O4/c1-24-15(21)9-14-16(22)19-6-7-20(14)17(23)13-8-12(13)10-2-4-11(18)5-3-10/h2-5,12-14H,6-9H2,1H3,(H,19,22)/t12-,13+,14-/m1/s1. The number of amides is 2. The number of benzene rings is 1. The first-order valence-corrected chi connectivity index (χ1v) is 7.91. The van der Waals surface area contributed by atoms with Crippen molar-refractivity contribution in [1.29, 1.82) is 0 Å². The van der Waals surface area contributed by atoms with E-state index < -0.39 is 12.0 Å². The lowest BCUT2D eigenvalue weighted by molar-refractivity contribution is -0.150. The van der Waals surface area contributed by atoms with Crippen LogP contribution in [0.25, 0.3) is 0 Å². The fraction of sp³-hybridized carbons (Fsp3) is 0.471. The number of nitrogens with zero attached hydrogens (tertiary/aromatic N) is 1. The molecule has 1 aromatic carbocycles. The largest absolute Gasteiger partial charge is 0.469 e. The maximum Gasteiger partial charge on any atom is 0.308 e. The first-order chi connectivity index (χ1) is 11.5. The zero-order chi connectivity index (χ0) is 17.3. The van der Waals surface area contributed by atoms with Crippen LogP contribution < -0.4 is 5.32 Å². The Labute approximate surface area is 139 Å². The highest BCUT2D eigenvalue weighted by molar-refractivity contribution is 5.93. The molecule has 1 heterocycles. The van der Waals surface area contributed by atoms with Crippen molar-refractivity contribution < 1.29 is 23.5 Å². The van der Waals surface area contributed by atoms with Gasteiger partial charge in [0.05, 0.1) is 13.5 Å². The Morgan fingerprint density at radius 1 is 1.33 bits per heavy atom. The van der Waals surface area contributed by atoms with Crippen molar-refractivity contribution in [2.75, 3.05) is 20.2 Å². The highest BCUT2D eigenvalue weighted by atomic mass is 19.1. The quantitative estimate of drug-likeness (QED) is 0.827. The Balaban J connectivity index is 1.70. The van der Waals surface area contributed by atoms with Crippen LogP contribution in [0.15, 0.2) is 24.3 Å².